The smallest absolute Gasteiger partial charge is 0.308 e. The lowest BCUT2D eigenvalue weighted by molar-refractivity contribution is -0.146. The van der Waals surface area contributed by atoms with Crippen LogP contribution in [0.25, 0.3) is 0 Å². The van der Waals surface area contributed by atoms with Crippen LogP contribution in [0.3, 0.4) is 0 Å². The summed E-state index contributed by atoms with van der Waals surface area (Å²) in [5.74, 6) is -1.82. The minimum absolute atomic E-state index is 0.000494. The third kappa shape index (κ3) is 12.5. The summed E-state index contributed by atoms with van der Waals surface area (Å²) in [4.78, 5) is 59.0. The molecule has 6 rings (SSSR count). The van der Waals surface area contributed by atoms with Crippen LogP contribution in [0.2, 0.25) is 0 Å². The molecule has 2 fully saturated rings. The third-order valence-corrected chi connectivity index (χ3v) is 14.3. The maximum atomic E-state index is 14.0. The Kier molecular flexibility index (Phi) is 15.7. The molecule has 0 spiro atoms. The first-order valence-electron chi connectivity index (χ1n) is 21.2. The lowest BCUT2D eigenvalue weighted by atomic mass is 9.86. The number of methoxy groups -OCH3 is 1. The van der Waals surface area contributed by atoms with Crippen molar-refractivity contribution in [1.82, 2.24) is 14.6 Å². The monoisotopic (exact) mass is 901 g/mol. The number of aryl methyl sites for hydroxylation is 2. The number of primary sulfonamides is 1. The van der Waals surface area contributed by atoms with E-state index in [0.717, 1.165) is 43.5 Å². The Balaban J connectivity index is 1.12. The van der Waals surface area contributed by atoms with Gasteiger partial charge in [0.2, 0.25) is 20.0 Å². The molecule has 3 amide bonds. The number of sulfonamides is 2. The zero-order chi connectivity index (χ0) is 45.1. The van der Waals surface area contributed by atoms with Crippen molar-refractivity contribution in [3.05, 3.63) is 113 Å². The number of ether oxygens (including phenoxy) is 1. The first kappa shape index (κ1) is 46.8. The van der Waals surface area contributed by atoms with E-state index in [1.807, 2.05) is 24.3 Å². The second-order valence-electron chi connectivity index (χ2n) is 15.8. The van der Waals surface area contributed by atoms with Gasteiger partial charge in [0.05, 0.1) is 29.4 Å². The van der Waals surface area contributed by atoms with E-state index in [-0.39, 0.29) is 58.6 Å². The fourth-order valence-electron chi connectivity index (χ4n) is 8.01. The molecule has 5 N–H and O–H groups in total. The number of piperidine rings is 1. The molecule has 1 aliphatic carbocycles. The SMILES string of the molecule is CCN(C1CCC(C(=O)OC)CC1)S(=O)(=O)c1cccc(C(=O)Nc2ccc(N3CCCCC3)nc2C(=O)Nc2ccc(CCc3ccc(C(=O)NCCS(N)(=O)=O)cc3)cc2)c1. The standard InChI is InChI=1S/C45H55N7O9S2/c1-3-52(37-22-18-34(19-23-37)45(56)61-2)63(59,60)38-9-7-8-35(30-38)43(54)49-39-24-25-40(51-27-5-4-6-28-51)50-41(39)44(55)48-36-20-14-32(15-21-36)11-10-31-12-16-33(17-13-31)42(53)47-26-29-62(46,57)58/h7-9,12-17,20-21,24-25,30,34,37H,3-6,10-11,18-19,22-23,26-29H2,1-2H3,(H,47,53)(H,48,55)(H,49,54)(H2,46,57,58). The van der Waals surface area contributed by atoms with Gasteiger partial charge in [-0.15, -0.1) is 0 Å². The van der Waals surface area contributed by atoms with Crippen LogP contribution in [0.1, 0.15) is 94.2 Å². The van der Waals surface area contributed by atoms with Gasteiger partial charge in [-0.25, -0.2) is 27.0 Å². The van der Waals surface area contributed by atoms with Crippen LogP contribution in [0.5, 0.6) is 0 Å². The summed E-state index contributed by atoms with van der Waals surface area (Å²) in [6.07, 6.45) is 6.52. The molecular weight excluding hydrogens is 847 g/mol. The highest BCUT2D eigenvalue weighted by atomic mass is 32.2. The second-order valence-corrected chi connectivity index (χ2v) is 19.4. The maximum absolute atomic E-state index is 14.0. The van der Waals surface area contributed by atoms with Gasteiger partial charge in [-0.1, -0.05) is 37.3 Å². The average Bonchev–Trinajstić information content (AvgIpc) is 3.29. The Hall–Kier alpha value is -5.69. The van der Waals surface area contributed by atoms with Gasteiger partial charge >= 0.3 is 5.97 Å². The van der Waals surface area contributed by atoms with Gasteiger partial charge in [-0.05, 0) is 124 Å². The summed E-state index contributed by atoms with van der Waals surface area (Å²) >= 11 is 0. The van der Waals surface area contributed by atoms with E-state index in [4.69, 9.17) is 14.9 Å². The number of hydrogen-bond acceptors (Lipinski definition) is 11. The molecule has 0 bridgehead atoms. The van der Waals surface area contributed by atoms with Crippen molar-refractivity contribution in [2.24, 2.45) is 11.1 Å². The molecule has 3 aromatic carbocycles. The van der Waals surface area contributed by atoms with E-state index in [2.05, 4.69) is 20.9 Å². The van der Waals surface area contributed by atoms with Crippen LogP contribution in [0.4, 0.5) is 17.2 Å². The topological polar surface area (TPSA) is 227 Å². The predicted molar refractivity (Wildman–Crippen MR) is 241 cm³/mol. The summed E-state index contributed by atoms with van der Waals surface area (Å²) in [5, 5.41) is 13.3. The normalized spacial score (nSPS) is 16.9. The number of hydrogen-bond donors (Lipinski definition) is 4. The molecule has 1 saturated heterocycles. The van der Waals surface area contributed by atoms with Crippen molar-refractivity contribution in [3.63, 3.8) is 0 Å². The predicted octanol–water partition coefficient (Wildman–Crippen LogP) is 5.12. The van der Waals surface area contributed by atoms with E-state index in [9.17, 15) is 36.0 Å². The van der Waals surface area contributed by atoms with Crippen LogP contribution < -0.4 is 26.0 Å². The van der Waals surface area contributed by atoms with Crippen LogP contribution >= 0.6 is 0 Å². The highest BCUT2D eigenvalue weighted by Gasteiger charge is 2.35. The summed E-state index contributed by atoms with van der Waals surface area (Å²) in [6.45, 7) is 3.48. The first-order chi connectivity index (χ1) is 30.1. The Morgan fingerprint density at radius 1 is 0.778 bits per heavy atom. The molecule has 0 radical (unpaired) electrons. The average molecular weight is 902 g/mol. The minimum atomic E-state index is -4.00. The molecule has 2 aliphatic rings. The number of aromatic nitrogens is 1. The Morgan fingerprint density at radius 2 is 1.43 bits per heavy atom. The van der Waals surface area contributed by atoms with Gasteiger partial charge in [-0.2, -0.15) is 4.31 Å². The summed E-state index contributed by atoms with van der Waals surface area (Å²) in [6, 6.07) is 23.3. The Labute approximate surface area is 369 Å². The van der Waals surface area contributed by atoms with E-state index < -0.39 is 37.8 Å². The Bertz CT molecular complexity index is 2490. The van der Waals surface area contributed by atoms with Gasteiger partial charge in [0.25, 0.3) is 17.7 Å². The van der Waals surface area contributed by atoms with E-state index in [1.165, 1.54) is 35.7 Å². The molecule has 16 nitrogen and oxygen atoms in total. The van der Waals surface area contributed by atoms with Crippen molar-refractivity contribution in [2.45, 2.75) is 75.6 Å². The number of anilines is 3. The first-order valence-corrected chi connectivity index (χ1v) is 24.4. The van der Waals surface area contributed by atoms with Gasteiger partial charge in [0.15, 0.2) is 5.69 Å². The number of carbonyl (C=O) groups is 4. The molecule has 1 aromatic heterocycles. The highest BCUT2D eigenvalue weighted by molar-refractivity contribution is 7.89. The summed E-state index contributed by atoms with van der Waals surface area (Å²) in [5.41, 5.74) is 3.17. The zero-order valence-corrected chi connectivity index (χ0v) is 37.2. The second kappa shape index (κ2) is 21.1. The quantitative estimate of drug-likeness (QED) is 0.102. The number of nitrogens with one attached hydrogen (secondary N) is 3. The number of benzene rings is 3. The largest absolute Gasteiger partial charge is 0.469 e. The zero-order valence-electron chi connectivity index (χ0n) is 35.5. The molecule has 18 heteroatoms. The lowest BCUT2D eigenvalue weighted by Crippen LogP contribution is -2.43. The van der Waals surface area contributed by atoms with Crippen LogP contribution in [0, 0.1) is 5.92 Å². The van der Waals surface area contributed by atoms with Gasteiger partial charge < -0.3 is 25.6 Å². The van der Waals surface area contributed by atoms with Crippen LogP contribution in [-0.4, -0.2) is 94.9 Å². The van der Waals surface area contributed by atoms with E-state index in [0.29, 0.717) is 55.6 Å². The molecule has 336 valence electrons. The summed E-state index contributed by atoms with van der Waals surface area (Å²) < 4.78 is 56.5. The van der Waals surface area contributed by atoms with Crippen LogP contribution in [0.15, 0.2) is 89.8 Å². The molecule has 1 aliphatic heterocycles. The van der Waals surface area contributed by atoms with Crippen molar-refractivity contribution < 1.29 is 40.8 Å². The fourth-order valence-corrected chi connectivity index (χ4v) is 10.1. The van der Waals surface area contributed by atoms with E-state index in [1.54, 1.807) is 43.3 Å². The number of nitrogens with zero attached hydrogens (tertiary/aromatic N) is 3. The summed E-state index contributed by atoms with van der Waals surface area (Å²) in [7, 11) is -6.33. The number of nitrogens with two attached hydrogens (primary N) is 1. The van der Waals surface area contributed by atoms with Crippen molar-refractivity contribution in [1.29, 1.82) is 0 Å². The molecule has 1 saturated carbocycles. The molecule has 4 aromatic rings. The molecule has 0 atom stereocenters. The van der Waals surface area contributed by atoms with Crippen molar-refractivity contribution in [3.8, 4) is 0 Å². The third-order valence-electron chi connectivity index (χ3n) is 11.5. The van der Waals surface area contributed by atoms with Gasteiger partial charge in [-0.3, -0.25) is 19.2 Å². The molecular formula is C45H55N7O9S2. The van der Waals surface area contributed by atoms with Crippen LogP contribution in [-0.2, 0) is 42.4 Å². The van der Waals surface area contributed by atoms with E-state index >= 15 is 0 Å². The number of rotatable bonds is 17. The number of amides is 3. The van der Waals surface area contributed by atoms with Gasteiger partial charge in [0, 0.05) is 49.0 Å². The van der Waals surface area contributed by atoms with Gasteiger partial charge in [0.1, 0.15) is 5.82 Å². The molecule has 63 heavy (non-hydrogen) atoms. The minimum Gasteiger partial charge on any atom is -0.469 e. The maximum Gasteiger partial charge on any atom is 0.308 e. The molecule has 0 unspecified atom stereocenters. The van der Waals surface area contributed by atoms with Crippen molar-refractivity contribution >= 4 is 60.9 Å². The molecule has 2 heterocycles. The number of pyridine rings is 1. The fraction of sp³-hybridized carbons (Fsp3) is 0.400. The highest BCUT2D eigenvalue weighted by Crippen LogP contribution is 2.32. The lowest BCUT2D eigenvalue weighted by Gasteiger charge is -2.34. The number of esters is 1. The number of carbonyl (C=O) groups excluding carboxylic acids is 4. The van der Waals surface area contributed by atoms with Crippen molar-refractivity contribution in [2.75, 3.05) is 54.6 Å². The Morgan fingerprint density at radius 3 is 2.05 bits per heavy atom.